The van der Waals surface area contributed by atoms with E-state index in [0.29, 0.717) is 11.1 Å². The average Bonchev–Trinajstić information content (AvgIpc) is 2.73. The normalized spacial score (nSPS) is 10.2. The number of para-hydroxylation sites is 1. The molecule has 0 bridgehead atoms. The molecule has 28 heavy (non-hydrogen) atoms. The van der Waals surface area contributed by atoms with Gasteiger partial charge in [0, 0.05) is 31.0 Å². The molecule has 0 unspecified atom stereocenters. The molecular weight excluding hydrogens is 352 g/mol. The molecule has 0 saturated heterocycles. The van der Waals surface area contributed by atoms with Gasteiger partial charge in [-0.1, -0.05) is 30.3 Å². The summed E-state index contributed by atoms with van der Waals surface area (Å²) in [5.74, 6) is -0.563. The van der Waals surface area contributed by atoms with Crippen LogP contribution in [0.15, 0.2) is 78.9 Å². The van der Waals surface area contributed by atoms with Crippen molar-refractivity contribution in [3.63, 3.8) is 0 Å². The highest BCUT2D eigenvalue weighted by Crippen LogP contribution is 2.14. The fraction of sp³-hybridized carbons (Fsp3) is 0.130. The van der Waals surface area contributed by atoms with Crippen molar-refractivity contribution >= 4 is 23.3 Å². The van der Waals surface area contributed by atoms with Crippen LogP contribution in [0, 0.1) is 0 Å². The van der Waals surface area contributed by atoms with Gasteiger partial charge in [-0.05, 0) is 54.1 Å². The molecule has 0 aliphatic heterocycles. The van der Waals surface area contributed by atoms with E-state index in [0.717, 1.165) is 16.9 Å². The minimum absolute atomic E-state index is 0.148. The lowest BCUT2D eigenvalue weighted by Crippen LogP contribution is -2.12. The van der Waals surface area contributed by atoms with Gasteiger partial charge in [-0.25, -0.2) is 4.79 Å². The summed E-state index contributed by atoms with van der Waals surface area (Å²) in [6, 6.07) is 23.5. The first-order valence-electron chi connectivity index (χ1n) is 8.93. The molecule has 1 amide bonds. The Balaban J connectivity index is 1.55. The van der Waals surface area contributed by atoms with Crippen molar-refractivity contribution in [1.82, 2.24) is 0 Å². The number of nitrogens with one attached hydrogen (secondary N) is 1. The number of anilines is 2. The topological polar surface area (TPSA) is 58.6 Å². The molecular formula is C23H22N2O3. The Morgan fingerprint density at radius 1 is 0.821 bits per heavy atom. The van der Waals surface area contributed by atoms with Crippen molar-refractivity contribution in [3.05, 3.63) is 95.6 Å². The van der Waals surface area contributed by atoms with Crippen molar-refractivity contribution in [2.75, 3.05) is 24.3 Å². The largest absolute Gasteiger partial charge is 0.457 e. The average molecular weight is 374 g/mol. The lowest BCUT2D eigenvalue weighted by Gasteiger charge is -2.12. The molecule has 0 aliphatic carbocycles. The number of amides is 1. The summed E-state index contributed by atoms with van der Waals surface area (Å²) in [7, 11) is 3.88. The van der Waals surface area contributed by atoms with Crippen LogP contribution in [0.25, 0.3) is 0 Å². The summed E-state index contributed by atoms with van der Waals surface area (Å²) in [6.07, 6.45) is 0. The predicted octanol–water partition coefficient (Wildman–Crippen LogP) is 4.36. The minimum atomic E-state index is -0.379. The highest BCUT2D eigenvalue weighted by molar-refractivity contribution is 6.04. The van der Waals surface area contributed by atoms with E-state index in [2.05, 4.69) is 5.32 Å². The lowest BCUT2D eigenvalue weighted by molar-refractivity contribution is 0.0472. The lowest BCUT2D eigenvalue weighted by atomic mass is 10.1. The molecule has 5 heteroatoms. The van der Waals surface area contributed by atoms with Gasteiger partial charge in [-0.2, -0.15) is 0 Å². The van der Waals surface area contributed by atoms with E-state index in [1.807, 2.05) is 61.5 Å². The summed E-state index contributed by atoms with van der Waals surface area (Å²) < 4.78 is 5.36. The number of esters is 1. The molecule has 0 atom stereocenters. The zero-order chi connectivity index (χ0) is 19.9. The summed E-state index contributed by atoms with van der Waals surface area (Å²) in [4.78, 5) is 26.4. The summed E-state index contributed by atoms with van der Waals surface area (Å²) in [5, 5.41) is 2.83. The van der Waals surface area contributed by atoms with E-state index in [9.17, 15) is 9.59 Å². The zero-order valence-electron chi connectivity index (χ0n) is 15.9. The van der Waals surface area contributed by atoms with Gasteiger partial charge in [0.15, 0.2) is 0 Å². The third-order valence-corrected chi connectivity index (χ3v) is 4.24. The van der Waals surface area contributed by atoms with Gasteiger partial charge in [-0.15, -0.1) is 0 Å². The maximum absolute atomic E-state index is 12.3. The van der Waals surface area contributed by atoms with Crippen molar-refractivity contribution in [1.29, 1.82) is 0 Å². The van der Waals surface area contributed by atoms with Gasteiger partial charge in [0.2, 0.25) is 0 Å². The molecule has 0 radical (unpaired) electrons. The van der Waals surface area contributed by atoms with E-state index in [1.165, 1.54) is 0 Å². The molecule has 0 saturated carbocycles. The molecule has 0 fully saturated rings. The number of rotatable bonds is 6. The van der Waals surface area contributed by atoms with Crippen molar-refractivity contribution < 1.29 is 14.3 Å². The van der Waals surface area contributed by atoms with Gasteiger partial charge < -0.3 is 15.0 Å². The van der Waals surface area contributed by atoms with Crippen molar-refractivity contribution in [2.45, 2.75) is 6.61 Å². The summed E-state index contributed by atoms with van der Waals surface area (Å²) >= 11 is 0. The van der Waals surface area contributed by atoms with Crippen molar-refractivity contribution in [2.24, 2.45) is 0 Å². The molecule has 5 nitrogen and oxygen atoms in total. The third kappa shape index (κ3) is 4.98. The van der Waals surface area contributed by atoms with Gasteiger partial charge in [0.25, 0.3) is 5.91 Å². The van der Waals surface area contributed by atoms with Gasteiger partial charge in [0.1, 0.15) is 6.61 Å². The molecule has 3 aromatic carbocycles. The molecule has 1 N–H and O–H groups in total. The quantitative estimate of drug-likeness (QED) is 0.651. The van der Waals surface area contributed by atoms with Crippen LogP contribution in [0.2, 0.25) is 0 Å². The standard InChI is InChI=1S/C23H22N2O3/c1-25(2)21-14-12-19(13-15-21)23(27)28-16-17-8-10-18(11-9-17)22(26)24-20-6-4-3-5-7-20/h3-15H,16H2,1-2H3,(H,24,26). The number of carbonyl (C=O) groups is 2. The number of hydrogen-bond donors (Lipinski definition) is 1. The van der Waals surface area contributed by atoms with Gasteiger partial charge >= 0.3 is 5.97 Å². The SMILES string of the molecule is CN(C)c1ccc(C(=O)OCc2ccc(C(=O)Nc3ccccc3)cc2)cc1. The molecule has 0 heterocycles. The minimum Gasteiger partial charge on any atom is -0.457 e. The van der Waals surface area contributed by atoms with E-state index in [-0.39, 0.29) is 18.5 Å². The van der Waals surface area contributed by atoms with Crippen LogP contribution in [-0.2, 0) is 11.3 Å². The molecule has 142 valence electrons. The van der Waals surface area contributed by atoms with Gasteiger partial charge in [0.05, 0.1) is 5.56 Å². The smallest absolute Gasteiger partial charge is 0.338 e. The molecule has 3 rings (SSSR count). The summed E-state index contributed by atoms with van der Waals surface area (Å²) in [6.45, 7) is 0.148. The Bertz CT molecular complexity index is 934. The van der Waals surface area contributed by atoms with Crippen molar-refractivity contribution in [3.8, 4) is 0 Å². The number of hydrogen-bond acceptors (Lipinski definition) is 4. The Morgan fingerprint density at radius 2 is 1.43 bits per heavy atom. The van der Waals surface area contributed by atoms with Crippen LogP contribution >= 0.6 is 0 Å². The Hall–Kier alpha value is -3.60. The number of nitrogens with zero attached hydrogens (tertiary/aromatic N) is 1. The van der Waals surface area contributed by atoms with Crippen LogP contribution < -0.4 is 10.2 Å². The van der Waals surface area contributed by atoms with E-state index >= 15 is 0 Å². The highest BCUT2D eigenvalue weighted by atomic mass is 16.5. The van der Waals surface area contributed by atoms with Crippen LogP contribution in [0.3, 0.4) is 0 Å². The zero-order valence-corrected chi connectivity index (χ0v) is 15.9. The molecule has 3 aromatic rings. The Morgan fingerprint density at radius 3 is 2.04 bits per heavy atom. The highest BCUT2D eigenvalue weighted by Gasteiger charge is 2.09. The number of carbonyl (C=O) groups excluding carboxylic acids is 2. The molecule has 0 spiro atoms. The number of benzene rings is 3. The second-order valence-electron chi connectivity index (χ2n) is 6.53. The van der Waals surface area contributed by atoms with E-state index in [1.54, 1.807) is 36.4 Å². The Kier molecular flexibility index (Phi) is 6.07. The Labute approximate surface area is 164 Å². The second-order valence-corrected chi connectivity index (χ2v) is 6.53. The fourth-order valence-electron chi connectivity index (χ4n) is 2.60. The third-order valence-electron chi connectivity index (χ3n) is 4.24. The molecule has 0 aromatic heterocycles. The predicted molar refractivity (Wildman–Crippen MR) is 111 cm³/mol. The monoisotopic (exact) mass is 374 g/mol. The fourth-order valence-corrected chi connectivity index (χ4v) is 2.60. The second kappa shape index (κ2) is 8.86. The van der Waals surface area contributed by atoms with Crippen LogP contribution in [0.4, 0.5) is 11.4 Å². The first kappa shape index (κ1) is 19.2. The number of ether oxygens (including phenoxy) is 1. The maximum Gasteiger partial charge on any atom is 0.338 e. The van der Waals surface area contributed by atoms with Crippen LogP contribution in [-0.4, -0.2) is 26.0 Å². The van der Waals surface area contributed by atoms with Gasteiger partial charge in [-0.3, -0.25) is 4.79 Å². The summed E-state index contributed by atoms with van der Waals surface area (Å²) in [5.41, 5.74) is 3.61. The van der Waals surface area contributed by atoms with E-state index < -0.39 is 0 Å². The van der Waals surface area contributed by atoms with Crippen LogP contribution in [0.5, 0.6) is 0 Å². The van der Waals surface area contributed by atoms with E-state index in [4.69, 9.17) is 4.74 Å². The maximum atomic E-state index is 12.3. The molecule has 0 aliphatic rings. The van der Waals surface area contributed by atoms with Crippen LogP contribution in [0.1, 0.15) is 26.3 Å². The first-order chi connectivity index (χ1) is 13.5. The first-order valence-corrected chi connectivity index (χ1v) is 8.93.